The van der Waals surface area contributed by atoms with Gasteiger partial charge < -0.3 is 14.2 Å². The van der Waals surface area contributed by atoms with Crippen molar-refractivity contribution in [1.82, 2.24) is 4.98 Å². The number of hydrogen-bond donors (Lipinski definition) is 1. The van der Waals surface area contributed by atoms with Gasteiger partial charge in [0, 0.05) is 24.6 Å². The van der Waals surface area contributed by atoms with Crippen LogP contribution in [0.15, 0.2) is 45.2 Å². The lowest BCUT2D eigenvalue weighted by Crippen LogP contribution is -2.07. The summed E-state index contributed by atoms with van der Waals surface area (Å²) in [6.07, 6.45) is 4.34. The number of aromatic nitrogens is 1. The van der Waals surface area contributed by atoms with Crippen molar-refractivity contribution in [3.05, 3.63) is 53.8 Å². The molecule has 2 atom stereocenters. The number of nitrogens with zero attached hydrogens (tertiary/aromatic N) is 1. The minimum absolute atomic E-state index is 0.215. The van der Waals surface area contributed by atoms with Crippen LogP contribution in [0.5, 0.6) is 0 Å². The number of anilines is 1. The van der Waals surface area contributed by atoms with Gasteiger partial charge in [-0.1, -0.05) is 6.92 Å². The Hall–Kier alpha value is -2.82. The zero-order chi connectivity index (χ0) is 16.7. The van der Waals surface area contributed by atoms with Gasteiger partial charge in [0.25, 0.3) is 0 Å². The SMILES string of the molecule is Cc1nc2cc(NC(=O)C=Cc3ccc(C4CC4C)o3)ccc2o1. The minimum Gasteiger partial charge on any atom is -0.461 e. The Balaban J connectivity index is 1.42. The Morgan fingerprint density at radius 1 is 1.29 bits per heavy atom. The number of oxazole rings is 1. The van der Waals surface area contributed by atoms with E-state index in [0.29, 0.717) is 34.8 Å². The molecule has 1 aliphatic rings. The number of rotatable bonds is 4. The number of benzene rings is 1. The molecule has 1 amide bonds. The van der Waals surface area contributed by atoms with Crippen LogP contribution in [0, 0.1) is 12.8 Å². The molecule has 122 valence electrons. The van der Waals surface area contributed by atoms with E-state index in [2.05, 4.69) is 17.2 Å². The molecule has 1 fully saturated rings. The van der Waals surface area contributed by atoms with E-state index < -0.39 is 0 Å². The average molecular weight is 322 g/mol. The van der Waals surface area contributed by atoms with Gasteiger partial charge in [0.05, 0.1) is 0 Å². The molecular weight excluding hydrogens is 304 g/mol. The fraction of sp³-hybridized carbons (Fsp3) is 0.263. The topological polar surface area (TPSA) is 68.3 Å². The molecule has 1 saturated carbocycles. The fourth-order valence-corrected chi connectivity index (χ4v) is 2.84. The van der Waals surface area contributed by atoms with Crippen molar-refractivity contribution in [3.63, 3.8) is 0 Å². The van der Waals surface area contributed by atoms with Gasteiger partial charge in [-0.05, 0) is 48.7 Å². The maximum Gasteiger partial charge on any atom is 0.248 e. The summed E-state index contributed by atoms with van der Waals surface area (Å²) >= 11 is 0. The van der Waals surface area contributed by atoms with Crippen LogP contribution in [0.25, 0.3) is 17.2 Å². The van der Waals surface area contributed by atoms with Gasteiger partial charge in [-0.25, -0.2) is 4.98 Å². The van der Waals surface area contributed by atoms with E-state index in [-0.39, 0.29) is 5.91 Å². The predicted molar refractivity (Wildman–Crippen MR) is 91.6 cm³/mol. The molecule has 0 aliphatic heterocycles. The highest BCUT2D eigenvalue weighted by molar-refractivity contribution is 6.02. The van der Waals surface area contributed by atoms with Crippen molar-refractivity contribution in [1.29, 1.82) is 0 Å². The summed E-state index contributed by atoms with van der Waals surface area (Å²) < 4.78 is 11.2. The molecule has 24 heavy (non-hydrogen) atoms. The van der Waals surface area contributed by atoms with Crippen LogP contribution in [0.3, 0.4) is 0 Å². The second-order valence-electron chi connectivity index (χ2n) is 6.30. The summed E-state index contributed by atoms with van der Waals surface area (Å²) in [5.74, 6) is 3.33. The van der Waals surface area contributed by atoms with Crippen LogP contribution in [-0.4, -0.2) is 10.9 Å². The zero-order valence-corrected chi connectivity index (χ0v) is 13.6. The Morgan fingerprint density at radius 2 is 2.12 bits per heavy atom. The van der Waals surface area contributed by atoms with Crippen LogP contribution in [0.4, 0.5) is 5.69 Å². The Kier molecular flexibility index (Phi) is 3.49. The third kappa shape index (κ3) is 2.97. The van der Waals surface area contributed by atoms with Crippen molar-refractivity contribution in [2.45, 2.75) is 26.2 Å². The maximum absolute atomic E-state index is 12.0. The highest BCUT2D eigenvalue weighted by Gasteiger charge is 2.36. The molecule has 3 aromatic rings. The lowest BCUT2D eigenvalue weighted by molar-refractivity contribution is -0.111. The van der Waals surface area contributed by atoms with Crippen LogP contribution in [0.2, 0.25) is 0 Å². The standard InChI is InChI=1S/C19H18N2O3/c1-11-9-15(11)17-7-4-14(24-17)5-8-19(22)21-13-3-6-18-16(10-13)20-12(2)23-18/h3-8,10-11,15H,9H2,1-2H3,(H,21,22). The van der Waals surface area contributed by atoms with Crippen molar-refractivity contribution in [2.24, 2.45) is 5.92 Å². The first-order valence-corrected chi connectivity index (χ1v) is 8.04. The van der Waals surface area contributed by atoms with Crippen LogP contribution >= 0.6 is 0 Å². The van der Waals surface area contributed by atoms with Crippen LogP contribution in [0.1, 0.15) is 36.7 Å². The highest BCUT2D eigenvalue weighted by Crippen LogP contribution is 2.47. The third-order valence-corrected chi connectivity index (χ3v) is 4.28. The molecule has 2 heterocycles. The van der Waals surface area contributed by atoms with Crippen LogP contribution in [-0.2, 0) is 4.79 Å². The number of amides is 1. The molecule has 0 bridgehead atoms. The van der Waals surface area contributed by atoms with E-state index in [1.807, 2.05) is 12.1 Å². The largest absolute Gasteiger partial charge is 0.461 e. The second kappa shape index (κ2) is 5.67. The van der Waals surface area contributed by atoms with Gasteiger partial charge in [-0.15, -0.1) is 0 Å². The normalized spacial score (nSPS) is 19.9. The van der Waals surface area contributed by atoms with E-state index >= 15 is 0 Å². The molecule has 2 unspecified atom stereocenters. The molecule has 0 radical (unpaired) electrons. The van der Waals surface area contributed by atoms with Gasteiger partial charge in [-0.2, -0.15) is 0 Å². The van der Waals surface area contributed by atoms with Crippen molar-refractivity contribution in [3.8, 4) is 0 Å². The molecule has 4 rings (SSSR count). The number of furan rings is 1. The number of hydrogen-bond acceptors (Lipinski definition) is 4. The van der Waals surface area contributed by atoms with E-state index in [1.165, 1.54) is 12.5 Å². The van der Waals surface area contributed by atoms with E-state index in [4.69, 9.17) is 8.83 Å². The third-order valence-electron chi connectivity index (χ3n) is 4.28. The second-order valence-corrected chi connectivity index (χ2v) is 6.30. The lowest BCUT2D eigenvalue weighted by Gasteiger charge is -2.00. The molecule has 1 aliphatic carbocycles. The first kappa shape index (κ1) is 14.8. The number of nitrogens with one attached hydrogen (secondary N) is 1. The van der Waals surface area contributed by atoms with Gasteiger partial charge >= 0.3 is 0 Å². The van der Waals surface area contributed by atoms with Gasteiger partial charge in [-0.3, -0.25) is 4.79 Å². The zero-order valence-electron chi connectivity index (χ0n) is 13.6. The maximum atomic E-state index is 12.0. The Labute approximate surface area is 139 Å². The first-order chi connectivity index (χ1) is 11.6. The van der Waals surface area contributed by atoms with E-state index in [9.17, 15) is 4.79 Å². The number of carbonyl (C=O) groups is 1. The minimum atomic E-state index is -0.215. The van der Waals surface area contributed by atoms with E-state index in [1.54, 1.807) is 31.2 Å². The first-order valence-electron chi connectivity index (χ1n) is 8.04. The molecule has 1 N–H and O–H groups in total. The lowest BCUT2D eigenvalue weighted by atomic mass is 10.2. The van der Waals surface area contributed by atoms with Gasteiger partial charge in [0.2, 0.25) is 5.91 Å². The quantitative estimate of drug-likeness (QED) is 0.718. The van der Waals surface area contributed by atoms with E-state index in [0.717, 1.165) is 11.3 Å². The van der Waals surface area contributed by atoms with Crippen LogP contribution < -0.4 is 5.32 Å². The monoisotopic (exact) mass is 322 g/mol. The highest BCUT2D eigenvalue weighted by atomic mass is 16.3. The summed E-state index contributed by atoms with van der Waals surface area (Å²) in [6.45, 7) is 4.00. The smallest absolute Gasteiger partial charge is 0.248 e. The summed E-state index contributed by atoms with van der Waals surface area (Å²) in [5, 5.41) is 2.81. The molecule has 0 saturated heterocycles. The summed E-state index contributed by atoms with van der Waals surface area (Å²) in [5.41, 5.74) is 2.11. The number of fused-ring (bicyclic) bond motifs is 1. The van der Waals surface area contributed by atoms with Gasteiger partial charge in [0.15, 0.2) is 11.5 Å². The van der Waals surface area contributed by atoms with Crippen molar-refractivity contribution >= 4 is 28.8 Å². The molecule has 5 nitrogen and oxygen atoms in total. The number of aryl methyl sites for hydroxylation is 1. The van der Waals surface area contributed by atoms with Crippen molar-refractivity contribution in [2.75, 3.05) is 5.32 Å². The average Bonchev–Trinajstić information content (AvgIpc) is 2.97. The molecular formula is C19H18N2O3. The fourth-order valence-electron chi connectivity index (χ4n) is 2.84. The molecule has 1 aromatic carbocycles. The number of carbonyl (C=O) groups excluding carboxylic acids is 1. The molecule has 2 aromatic heterocycles. The van der Waals surface area contributed by atoms with Gasteiger partial charge in [0.1, 0.15) is 17.0 Å². The summed E-state index contributed by atoms with van der Waals surface area (Å²) in [7, 11) is 0. The molecule has 0 spiro atoms. The Morgan fingerprint density at radius 3 is 2.92 bits per heavy atom. The summed E-state index contributed by atoms with van der Waals surface area (Å²) in [4.78, 5) is 16.3. The Bertz CT molecular complexity index is 935. The summed E-state index contributed by atoms with van der Waals surface area (Å²) in [6, 6.07) is 9.26. The predicted octanol–water partition coefficient (Wildman–Crippen LogP) is 4.50. The molecule has 5 heteroatoms. The van der Waals surface area contributed by atoms with Crippen molar-refractivity contribution < 1.29 is 13.6 Å².